The number of aryl methyl sites for hydroxylation is 1. The van der Waals surface area contributed by atoms with E-state index >= 15 is 0 Å². The number of H-pyrrole nitrogens is 2. The maximum atomic E-state index is 6.56. The van der Waals surface area contributed by atoms with Crippen LogP contribution in [0, 0.1) is 0 Å². The largest absolute Gasteiger partial charge is 0.375 e. The molecule has 190 valence electrons. The van der Waals surface area contributed by atoms with E-state index in [4.69, 9.17) is 4.74 Å². The van der Waals surface area contributed by atoms with Crippen molar-refractivity contribution in [1.29, 1.82) is 0 Å². The Kier molecular flexibility index (Phi) is 6.44. The summed E-state index contributed by atoms with van der Waals surface area (Å²) in [7, 11) is 0. The van der Waals surface area contributed by atoms with Crippen molar-refractivity contribution in [1.82, 2.24) is 25.1 Å². The van der Waals surface area contributed by atoms with Gasteiger partial charge < -0.3 is 19.5 Å². The second-order valence-corrected chi connectivity index (χ2v) is 10.7. The molecule has 0 spiro atoms. The molecule has 2 N–H and O–H groups in total. The maximum absolute atomic E-state index is 6.56. The number of ether oxygens (including phenoxy) is 1. The maximum Gasteiger partial charge on any atom is 0.155 e. The minimum Gasteiger partial charge on any atom is -0.375 e. The highest BCUT2D eigenvalue weighted by molar-refractivity contribution is 5.99. The highest BCUT2D eigenvalue weighted by atomic mass is 16.5. The highest BCUT2D eigenvalue weighted by Gasteiger charge is 2.27. The quantitative estimate of drug-likeness (QED) is 0.375. The van der Waals surface area contributed by atoms with Gasteiger partial charge in [0.1, 0.15) is 0 Å². The van der Waals surface area contributed by atoms with Crippen molar-refractivity contribution in [3.63, 3.8) is 0 Å². The summed E-state index contributed by atoms with van der Waals surface area (Å²) >= 11 is 0. The van der Waals surface area contributed by atoms with Crippen molar-refractivity contribution in [2.45, 2.75) is 71.1 Å². The molecule has 2 saturated heterocycles. The van der Waals surface area contributed by atoms with Gasteiger partial charge in [-0.05, 0) is 75.8 Å². The van der Waals surface area contributed by atoms with Crippen LogP contribution in [0.15, 0.2) is 36.7 Å². The first-order chi connectivity index (χ1) is 17.6. The normalized spacial score (nSPS) is 18.7. The minimum atomic E-state index is 0.398. The summed E-state index contributed by atoms with van der Waals surface area (Å²) in [6.45, 7) is 11.3. The van der Waals surface area contributed by atoms with Crippen LogP contribution < -0.4 is 4.90 Å². The van der Waals surface area contributed by atoms with Crippen LogP contribution in [0.2, 0.25) is 0 Å². The Labute approximate surface area is 213 Å². The fraction of sp³-hybridized carbons (Fsp3) is 0.517. The van der Waals surface area contributed by atoms with Crippen LogP contribution in [0.5, 0.6) is 0 Å². The number of anilines is 1. The predicted octanol–water partition coefficient (Wildman–Crippen LogP) is 5.53. The van der Waals surface area contributed by atoms with E-state index in [1.807, 2.05) is 12.4 Å². The van der Waals surface area contributed by atoms with E-state index in [0.29, 0.717) is 18.2 Å². The van der Waals surface area contributed by atoms with Gasteiger partial charge in [0.25, 0.3) is 0 Å². The second-order valence-electron chi connectivity index (χ2n) is 10.7. The molecule has 6 rings (SSSR count). The molecule has 3 aromatic heterocycles. The average molecular weight is 487 g/mol. The Morgan fingerprint density at radius 1 is 1.00 bits per heavy atom. The smallest absolute Gasteiger partial charge is 0.155 e. The van der Waals surface area contributed by atoms with E-state index in [9.17, 15) is 0 Å². The molecule has 1 aromatic carbocycles. The Balaban J connectivity index is 1.16. The molecule has 0 aliphatic carbocycles. The standard InChI is InChI=1S/C29H38N6O/c1-4-23-25-17-20(5-6-27(25)32-28(23)24-7-12-30-29-26(24)18-31-33-29)35-15-10-22(11-16-35)36-21-8-13-34(14-9-21)19(2)3/h5-7,12,17-19,21-22,32H,4,8-11,13-16H2,1-3H3,(H,30,31,33). The molecule has 7 nitrogen and oxygen atoms in total. The molecule has 2 aliphatic rings. The number of nitrogens with zero attached hydrogens (tertiary/aromatic N) is 4. The number of rotatable bonds is 6. The molecule has 0 atom stereocenters. The lowest BCUT2D eigenvalue weighted by Crippen LogP contribution is -2.43. The number of fused-ring (bicyclic) bond motifs is 2. The molecule has 0 saturated carbocycles. The van der Waals surface area contributed by atoms with Gasteiger partial charge >= 0.3 is 0 Å². The van der Waals surface area contributed by atoms with Gasteiger partial charge in [-0.15, -0.1) is 0 Å². The Morgan fingerprint density at radius 2 is 1.75 bits per heavy atom. The lowest BCUT2D eigenvalue weighted by atomic mass is 10.0. The van der Waals surface area contributed by atoms with Crippen LogP contribution >= 0.6 is 0 Å². The van der Waals surface area contributed by atoms with Crippen molar-refractivity contribution in [3.05, 3.63) is 42.2 Å². The number of hydrogen-bond donors (Lipinski definition) is 2. The van der Waals surface area contributed by atoms with Crippen molar-refractivity contribution in [2.75, 3.05) is 31.1 Å². The number of piperidine rings is 2. The highest BCUT2D eigenvalue weighted by Crippen LogP contribution is 2.36. The number of aromatic nitrogens is 4. The molecule has 2 aliphatic heterocycles. The predicted molar refractivity (Wildman–Crippen MR) is 147 cm³/mol. The van der Waals surface area contributed by atoms with Crippen molar-refractivity contribution in [2.24, 2.45) is 0 Å². The number of pyridine rings is 1. The van der Waals surface area contributed by atoms with E-state index in [1.165, 1.54) is 53.8 Å². The lowest BCUT2D eigenvalue weighted by molar-refractivity contribution is -0.0540. The van der Waals surface area contributed by atoms with Crippen LogP contribution in [-0.4, -0.2) is 69.5 Å². The van der Waals surface area contributed by atoms with Gasteiger partial charge in [-0.3, -0.25) is 5.10 Å². The Morgan fingerprint density at radius 3 is 2.47 bits per heavy atom. The van der Waals surface area contributed by atoms with Gasteiger partial charge in [0.15, 0.2) is 5.65 Å². The van der Waals surface area contributed by atoms with Gasteiger partial charge in [-0.2, -0.15) is 5.10 Å². The number of benzene rings is 1. The molecular formula is C29H38N6O. The van der Waals surface area contributed by atoms with Gasteiger partial charge in [-0.25, -0.2) is 4.98 Å². The average Bonchev–Trinajstić information content (AvgIpc) is 3.53. The third-order valence-corrected chi connectivity index (χ3v) is 8.27. The van der Waals surface area contributed by atoms with Crippen molar-refractivity contribution in [3.8, 4) is 11.3 Å². The first kappa shape index (κ1) is 23.5. The minimum absolute atomic E-state index is 0.398. The summed E-state index contributed by atoms with van der Waals surface area (Å²) in [4.78, 5) is 13.2. The molecule has 7 heteroatoms. The Bertz CT molecular complexity index is 1320. The summed E-state index contributed by atoms with van der Waals surface area (Å²) in [5, 5.41) is 9.56. The molecular weight excluding hydrogens is 448 g/mol. The molecule has 0 unspecified atom stereocenters. The number of hydrogen-bond acceptors (Lipinski definition) is 5. The summed E-state index contributed by atoms with van der Waals surface area (Å²) in [5.41, 5.74) is 7.00. The van der Waals surface area contributed by atoms with Gasteiger partial charge in [0.05, 0.1) is 24.1 Å². The van der Waals surface area contributed by atoms with Crippen LogP contribution in [0.25, 0.3) is 33.2 Å². The van der Waals surface area contributed by atoms with Crippen molar-refractivity contribution >= 4 is 27.6 Å². The third-order valence-electron chi connectivity index (χ3n) is 8.27. The SMILES string of the molecule is CCc1c(-c2ccnc3[nH]ncc23)[nH]c2ccc(N3CCC(OC4CCN(C(C)C)CC4)CC3)cc12. The summed E-state index contributed by atoms with van der Waals surface area (Å²) in [6, 6.07) is 9.62. The molecule has 0 radical (unpaired) electrons. The summed E-state index contributed by atoms with van der Waals surface area (Å²) in [5.74, 6) is 0. The molecule has 0 amide bonds. The van der Waals surface area contributed by atoms with Crippen molar-refractivity contribution < 1.29 is 4.74 Å². The van der Waals surface area contributed by atoms with E-state index in [2.05, 4.69) is 75.0 Å². The monoisotopic (exact) mass is 486 g/mol. The van der Waals surface area contributed by atoms with Crippen LogP contribution in [0.4, 0.5) is 5.69 Å². The van der Waals surface area contributed by atoms with Gasteiger partial charge in [-0.1, -0.05) is 6.92 Å². The van der Waals surface area contributed by atoms with Gasteiger partial charge in [0, 0.05) is 66.0 Å². The molecule has 2 fully saturated rings. The van der Waals surface area contributed by atoms with E-state index in [-0.39, 0.29) is 0 Å². The first-order valence-corrected chi connectivity index (χ1v) is 13.7. The fourth-order valence-electron chi connectivity index (χ4n) is 6.15. The topological polar surface area (TPSA) is 73.1 Å². The molecule has 4 aromatic rings. The van der Waals surface area contributed by atoms with Crippen LogP contribution in [0.1, 0.15) is 52.0 Å². The second kappa shape index (κ2) is 9.87. The Hall–Kier alpha value is -2.90. The third kappa shape index (κ3) is 4.39. The molecule has 5 heterocycles. The van der Waals surface area contributed by atoms with Gasteiger partial charge in [0.2, 0.25) is 0 Å². The lowest BCUT2D eigenvalue weighted by Gasteiger charge is -2.38. The molecule has 0 bridgehead atoms. The first-order valence-electron chi connectivity index (χ1n) is 13.7. The zero-order valence-corrected chi connectivity index (χ0v) is 21.8. The number of nitrogens with one attached hydrogen (secondary N) is 2. The van der Waals surface area contributed by atoms with E-state index in [0.717, 1.165) is 48.9 Å². The number of aromatic amines is 2. The zero-order valence-electron chi connectivity index (χ0n) is 21.8. The van der Waals surface area contributed by atoms with E-state index in [1.54, 1.807) is 0 Å². The molecule has 36 heavy (non-hydrogen) atoms. The van der Waals surface area contributed by atoms with E-state index < -0.39 is 0 Å². The van der Waals surface area contributed by atoms with Crippen LogP contribution in [0.3, 0.4) is 0 Å². The van der Waals surface area contributed by atoms with Crippen LogP contribution in [-0.2, 0) is 11.2 Å². The summed E-state index contributed by atoms with van der Waals surface area (Å²) < 4.78 is 6.56. The number of likely N-dealkylation sites (tertiary alicyclic amines) is 1. The summed E-state index contributed by atoms with van der Waals surface area (Å²) in [6.07, 6.45) is 10.1. The fourth-order valence-corrected chi connectivity index (χ4v) is 6.15. The zero-order chi connectivity index (χ0) is 24.6.